The van der Waals surface area contributed by atoms with Gasteiger partial charge >= 0.3 is 0 Å². The highest BCUT2D eigenvalue weighted by Crippen LogP contribution is 2.16. The van der Waals surface area contributed by atoms with Gasteiger partial charge in [0.15, 0.2) is 0 Å². The minimum atomic E-state index is 0. The standard InChI is InChI=1S/C6H6INO.C6H7NO.C4H8O.CH4/c1-9-6-4-8-3-2-5(6)7;1-8-6-3-2-4-7-5-6;1-2-4-5-3-1;/h2-4H,1H3;2-5H,1H3;1-4H2;1H4. The first-order valence-electron chi connectivity index (χ1n) is 6.93. The molecule has 0 saturated carbocycles. The van der Waals surface area contributed by atoms with Gasteiger partial charge in [-0.2, -0.15) is 0 Å². The Hall–Kier alpha value is -1.41. The molecule has 0 aliphatic carbocycles. The summed E-state index contributed by atoms with van der Waals surface area (Å²) >= 11 is 2.20. The van der Waals surface area contributed by atoms with Gasteiger partial charge in [-0.15, -0.1) is 0 Å². The van der Waals surface area contributed by atoms with Gasteiger partial charge in [-0.3, -0.25) is 9.97 Å². The molecule has 0 spiro atoms. The number of nitrogens with zero attached hydrogens (tertiary/aromatic N) is 2. The summed E-state index contributed by atoms with van der Waals surface area (Å²) < 4.78 is 15.9. The first-order valence-corrected chi connectivity index (χ1v) is 8.01. The number of hydrogen-bond acceptors (Lipinski definition) is 5. The van der Waals surface area contributed by atoms with Crippen molar-refractivity contribution in [3.63, 3.8) is 0 Å². The van der Waals surface area contributed by atoms with E-state index in [1.165, 1.54) is 12.8 Å². The van der Waals surface area contributed by atoms with E-state index in [9.17, 15) is 0 Å². The van der Waals surface area contributed by atoms with Crippen molar-refractivity contribution < 1.29 is 14.2 Å². The van der Waals surface area contributed by atoms with E-state index in [0.29, 0.717) is 0 Å². The van der Waals surface area contributed by atoms with Crippen LogP contribution in [0, 0.1) is 3.57 Å². The Balaban J connectivity index is 0.000000320. The maximum atomic E-state index is 4.97. The normalized spacial score (nSPS) is 11.8. The van der Waals surface area contributed by atoms with Crippen LogP contribution in [0.25, 0.3) is 0 Å². The van der Waals surface area contributed by atoms with E-state index < -0.39 is 0 Å². The fourth-order valence-electron chi connectivity index (χ4n) is 1.49. The monoisotopic (exact) mass is 432 g/mol. The molecule has 1 saturated heterocycles. The van der Waals surface area contributed by atoms with E-state index in [-0.39, 0.29) is 7.43 Å². The van der Waals surface area contributed by atoms with Crippen LogP contribution in [0.5, 0.6) is 11.5 Å². The van der Waals surface area contributed by atoms with Crippen LogP contribution in [0.3, 0.4) is 0 Å². The molecule has 0 atom stereocenters. The SMILES string of the molecule is C.C1CCOC1.COc1cccnc1.COc1cnccc1I. The molecule has 1 aliphatic rings. The lowest BCUT2D eigenvalue weighted by molar-refractivity contribution is 0.198. The Kier molecular flexibility index (Phi) is 13.3. The minimum Gasteiger partial charge on any atom is -0.495 e. The molecule has 3 heterocycles. The molecular formula is C17H25IN2O3. The molecule has 23 heavy (non-hydrogen) atoms. The number of methoxy groups -OCH3 is 2. The lowest BCUT2D eigenvalue weighted by atomic mass is 10.4. The summed E-state index contributed by atoms with van der Waals surface area (Å²) in [7, 11) is 3.26. The third kappa shape index (κ3) is 10.1. The average Bonchev–Trinajstić information content (AvgIpc) is 3.16. The molecule has 2 aromatic heterocycles. The predicted octanol–water partition coefficient (Wildman–Crippen LogP) is 4.22. The molecule has 0 amide bonds. The molecule has 128 valence electrons. The van der Waals surface area contributed by atoms with Gasteiger partial charge in [-0.1, -0.05) is 7.43 Å². The van der Waals surface area contributed by atoms with Crippen molar-refractivity contribution in [1.82, 2.24) is 9.97 Å². The summed E-state index contributed by atoms with van der Waals surface area (Å²) in [6, 6.07) is 5.59. The van der Waals surface area contributed by atoms with Crippen LogP contribution in [-0.2, 0) is 4.74 Å². The molecule has 0 N–H and O–H groups in total. The second-order valence-corrected chi connectivity index (χ2v) is 5.38. The Bertz CT molecular complexity index is 501. The molecule has 1 fully saturated rings. The Labute approximate surface area is 152 Å². The summed E-state index contributed by atoms with van der Waals surface area (Å²) in [6.45, 7) is 2.00. The summed E-state index contributed by atoms with van der Waals surface area (Å²) in [4.78, 5) is 7.72. The summed E-state index contributed by atoms with van der Waals surface area (Å²) in [5.74, 6) is 1.63. The van der Waals surface area contributed by atoms with Gasteiger partial charge in [0.25, 0.3) is 0 Å². The third-order valence-corrected chi connectivity index (χ3v) is 3.54. The van der Waals surface area contributed by atoms with Crippen LogP contribution in [-0.4, -0.2) is 37.4 Å². The Morgan fingerprint density at radius 3 is 2.04 bits per heavy atom. The zero-order valence-corrected chi connectivity index (χ0v) is 15.0. The fraction of sp³-hybridized carbons (Fsp3) is 0.412. The molecule has 0 aromatic carbocycles. The van der Waals surface area contributed by atoms with Crippen molar-refractivity contribution in [2.45, 2.75) is 20.3 Å². The molecule has 0 radical (unpaired) electrons. The van der Waals surface area contributed by atoms with Crippen molar-refractivity contribution in [2.24, 2.45) is 0 Å². The lowest BCUT2D eigenvalue weighted by Gasteiger charge is -1.98. The number of hydrogen-bond donors (Lipinski definition) is 0. The number of halogens is 1. The van der Waals surface area contributed by atoms with E-state index in [0.717, 1.165) is 28.3 Å². The van der Waals surface area contributed by atoms with Gasteiger partial charge in [-0.25, -0.2) is 0 Å². The number of ether oxygens (including phenoxy) is 3. The minimum absolute atomic E-state index is 0. The predicted molar refractivity (Wildman–Crippen MR) is 101 cm³/mol. The third-order valence-electron chi connectivity index (χ3n) is 2.65. The first-order chi connectivity index (χ1) is 10.8. The van der Waals surface area contributed by atoms with E-state index in [1.807, 2.05) is 18.2 Å². The summed E-state index contributed by atoms with van der Waals surface area (Å²) in [5.41, 5.74) is 0. The van der Waals surface area contributed by atoms with E-state index >= 15 is 0 Å². The van der Waals surface area contributed by atoms with Crippen molar-refractivity contribution in [1.29, 1.82) is 0 Å². The van der Waals surface area contributed by atoms with Gasteiger partial charge in [0.2, 0.25) is 0 Å². The zero-order valence-electron chi connectivity index (χ0n) is 12.9. The van der Waals surface area contributed by atoms with Crippen LogP contribution in [0.15, 0.2) is 43.0 Å². The number of aromatic nitrogens is 2. The largest absolute Gasteiger partial charge is 0.495 e. The molecular weight excluding hydrogens is 407 g/mol. The van der Waals surface area contributed by atoms with E-state index in [2.05, 4.69) is 32.6 Å². The van der Waals surface area contributed by atoms with Crippen molar-refractivity contribution in [2.75, 3.05) is 27.4 Å². The van der Waals surface area contributed by atoms with Crippen LogP contribution < -0.4 is 9.47 Å². The van der Waals surface area contributed by atoms with Crippen molar-refractivity contribution in [3.8, 4) is 11.5 Å². The topological polar surface area (TPSA) is 53.5 Å². The fourth-order valence-corrected chi connectivity index (χ4v) is 2.01. The van der Waals surface area contributed by atoms with Gasteiger partial charge in [0.1, 0.15) is 11.5 Å². The molecule has 2 aromatic rings. The first kappa shape index (κ1) is 21.6. The zero-order chi connectivity index (χ0) is 16.0. The van der Waals surface area contributed by atoms with Gasteiger partial charge in [0, 0.05) is 25.6 Å². The van der Waals surface area contributed by atoms with Crippen LogP contribution in [0.4, 0.5) is 0 Å². The molecule has 0 unspecified atom stereocenters. The lowest BCUT2D eigenvalue weighted by Crippen LogP contribution is -1.86. The van der Waals surface area contributed by atoms with Crippen molar-refractivity contribution in [3.05, 3.63) is 46.6 Å². The molecule has 1 aliphatic heterocycles. The number of pyridine rings is 2. The van der Waals surface area contributed by atoms with Gasteiger partial charge in [-0.05, 0) is 53.6 Å². The van der Waals surface area contributed by atoms with Gasteiger partial charge in [0.05, 0.1) is 30.2 Å². The smallest absolute Gasteiger partial charge is 0.150 e. The van der Waals surface area contributed by atoms with Crippen LogP contribution in [0.2, 0.25) is 0 Å². The second-order valence-electron chi connectivity index (χ2n) is 4.22. The Morgan fingerprint density at radius 2 is 1.70 bits per heavy atom. The summed E-state index contributed by atoms with van der Waals surface area (Å²) in [5, 5.41) is 0. The average molecular weight is 432 g/mol. The van der Waals surface area contributed by atoms with E-state index in [1.54, 1.807) is 39.0 Å². The Morgan fingerprint density at radius 1 is 1.00 bits per heavy atom. The quantitative estimate of drug-likeness (QED) is 0.666. The van der Waals surface area contributed by atoms with E-state index in [4.69, 9.17) is 14.2 Å². The van der Waals surface area contributed by atoms with Crippen LogP contribution >= 0.6 is 22.6 Å². The molecule has 0 bridgehead atoms. The maximum Gasteiger partial charge on any atom is 0.150 e. The number of rotatable bonds is 2. The van der Waals surface area contributed by atoms with Crippen LogP contribution in [0.1, 0.15) is 20.3 Å². The highest BCUT2D eigenvalue weighted by molar-refractivity contribution is 14.1. The molecule has 5 nitrogen and oxygen atoms in total. The molecule has 6 heteroatoms. The van der Waals surface area contributed by atoms with Crippen molar-refractivity contribution >= 4 is 22.6 Å². The maximum absolute atomic E-state index is 4.97. The highest BCUT2D eigenvalue weighted by Gasteiger charge is 1.95. The summed E-state index contributed by atoms with van der Waals surface area (Å²) in [6.07, 6.45) is 9.37. The molecule has 3 rings (SSSR count). The highest BCUT2D eigenvalue weighted by atomic mass is 127. The van der Waals surface area contributed by atoms with Gasteiger partial charge < -0.3 is 14.2 Å². The second kappa shape index (κ2) is 14.2.